The molecule has 54 valence electrons. The topological polar surface area (TPSA) is 0 Å². The Labute approximate surface area is 63.0 Å². The van der Waals surface area contributed by atoms with Crippen molar-refractivity contribution in [3.8, 4) is 0 Å². The van der Waals surface area contributed by atoms with Crippen molar-refractivity contribution in [2.75, 3.05) is 0 Å². The van der Waals surface area contributed by atoms with Gasteiger partial charge in [0, 0.05) is 0 Å². The van der Waals surface area contributed by atoms with E-state index in [0.717, 1.165) is 23.7 Å². The minimum absolute atomic E-state index is 0.927. The van der Waals surface area contributed by atoms with Crippen LogP contribution >= 0.6 is 0 Å². The van der Waals surface area contributed by atoms with Crippen LogP contribution in [0.5, 0.6) is 0 Å². The van der Waals surface area contributed by atoms with Crippen molar-refractivity contribution >= 4 is 0 Å². The van der Waals surface area contributed by atoms with Gasteiger partial charge in [0.1, 0.15) is 0 Å². The summed E-state index contributed by atoms with van der Waals surface area (Å²) in [5.74, 6) is 4.08. The van der Waals surface area contributed by atoms with Crippen LogP contribution in [0.4, 0.5) is 0 Å². The number of rotatable bonds is 0. The lowest BCUT2D eigenvalue weighted by Crippen LogP contribution is -2.39. The third-order valence-electron chi connectivity index (χ3n) is 3.52. The highest BCUT2D eigenvalue weighted by atomic mass is 14.5. The maximum absolute atomic E-state index is 2.60. The molecule has 2 unspecified atom stereocenters. The van der Waals surface area contributed by atoms with Crippen molar-refractivity contribution in [2.45, 2.75) is 25.7 Å². The van der Waals surface area contributed by atoms with Crippen molar-refractivity contribution in [2.24, 2.45) is 23.7 Å². The first-order valence-electron chi connectivity index (χ1n) is 4.60. The summed E-state index contributed by atoms with van der Waals surface area (Å²) in [6.45, 7) is 0. The molecule has 0 nitrogen and oxygen atoms in total. The molecule has 0 aliphatic heterocycles. The van der Waals surface area contributed by atoms with Crippen molar-refractivity contribution in [1.82, 2.24) is 0 Å². The molecular formula is C10H14. The lowest BCUT2D eigenvalue weighted by atomic mass is 9.56. The molecule has 0 aromatic heterocycles. The summed E-state index contributed by atoms with van der Waals surface area (Å²) in [4.78, 5) is 0. The normalized spacial score (nSPS) is 57.6. The highest BCUT2D eigenvalue weighted by Crippen LogP contribution is 2.52. The first-order chi connectivity index (χ1) is 4.90. The fraction of sp³-hybridized carbons (Fsp3) is 0.800. The summed E-state index contributed by atoms with van der Waals surface area (Å²) < 4.78 is 0. The molecule has 4 rings (SSSR count). The van der Waals surface area contributed by atoms with E-state index in [4.69, 9.17) is 0 Å². The Kier molecular flexibility index (Phi) is 1.00. The van der Waals surface area contributed by atoms with E-state index in [-0.39, 0.29) is 0 Å². The molecule has 0 aromatic carbocycles. The van der Waals surface area contributed by atoms with E-state index in [1.807, 2.05) is 0 Å². The molecule has 0 heteroatoms. The smallest absolute Gasteiger partial charge is 0.0320 e. The first kappa shape index (κ1) is 5.62. The van der Waals surface area contributed by atoms with Gasteiger partial charge in [-0.1, -0.05) is 0 Å². The zero-order valence-electron chi connectivity index (χ0n) is 6.29. The highest BCUT2D eigenvalue weighted by molar-refractivity contribution is 5.10. The van der Waals surface area contributed by atoms with Crippen LogP contribution in [0.1, 0.15) is 25.7 Å². The van der Waals surface area contributed by atoms with E-state index >= 15 is 0 Å². The molecular weight excluding hydrogens is 120 g/mol. The fourth-order valence-corrected chi connectivity index (χ4v) is 3.35. The Balaban J connectivity index is 1.90. The van der Waals surface area contributed by atoms with Crippen molar-refractivity contribution in [1.29, 1.82) is 0 Å². The van der Waals surface area contributed by atoms with Crippen molar-refractivity contribution in [3.05, 3.63) is 12.8 Å². The summed E-state index contributed by atoms with van der Waals surface area (Å²) in [5.41, 5.74) is 0. The van der Waals surface area contributed by atoms with Gasteiger partial charge in [0.15, 0.2) is 0 Å². The van der Waals surface area contributed by atoms with Crippen LogP contribution in [-0.4, -0.2) is 0 Å². The molecule has 4 fully saturated rings. The average Bonchev–Trinajstić information content (AvgIpc) is 1.82. The molecule has 0 heterocycles. The molecule has 0 amide bonds. The van der Waals surface area contributed by atoms with Gasteiger partial charge in [-0.3, -0.25) is 0 Å². The predicted octanol–water partition coefficient (Wildman–Crippen LogP) is 2.46. The minimum atomic E-state index is 0.927. The van der Waals surface area contributed by atoms with Gasteiger partial charge >= 0.3 is 0 Å². The van der Waals surface area contributed by atoms with Crippen molar-refractivity contribution in [3.63, 3.8) is 0 Å². The SMILES string of the molecule is [CH]1C2[CH]C3CC1CC(C2)C3. The van der Waals surface area contributed by atoms with Gasteiger partial charge in [-0.15, -0.1) is 0 Å². The summed E-state index contributed by atoms with van der Waals surface area (Å²) in [6, 6.07) is 0. The van der Waals surface area contributed by atoms with Crippen LogP contribution in [0.2, 0.25) is 0 Å². The highest BCUT2D eigenvalue weighted by Gasteiger charge is 2.42. The third kappa shape index (κ3) is 0.681. The van der Waals surface area contributed by atoms with Crippen LogP contribution in [0.25, 0.3) is 0 Å². The Hall–Kier alpha value is 0. The Morgan fingerprint density at radius 1 is 0.800 bits per heavy atom. The van der Waals surface area contributed by atoms with Gasteiger partial charge in [-0.2, -0.15) is 0 Å². The summed E-state index contributed by atoms with van der Waals surface area (Å²) in [5, 5.41) is 0. The van der Waals surface area contributed by atoms with Crippen molar-refractivity contribution < 1.29 is 0 Å². The Bertz CT molecular complexity index is 91.6. The quantitative estimate of drug-likeness (QED) is 0.477. The predicted molar refractivity (Wildman–Crippen MR) is 41.0 cm³/mol. The second-order valence-electron chi connectivity index (χ2n) is 4.38. The zero-order valence-corrected chi connectivity index (χ0v) is 6.29. The van der Waals surface area contributed by atoms with Gasteiger partial charge in [0.05, 0.1) is 0 Å². The fourth-order valence-electron chi connectivity index (χ4n) is 3.35. The van der Waals surface area contributed by atoms with Gasteiger partial charge in [0.2, 0.25) is 0 Å². The monoisotopic (exact) mass is 134 g/mol. The number of hydrogen-bond donors (Lipinski definition) is 0. The van der Waals surface area contributed by atoms with Gasteiger partial charge in [-0.25, -0.2) is 0 Å². The first-order valence-corrected chi connectivity index (χ1v) is 4.60. The summed E-state index contributed by atoms with van der Waals surface area (Å²) in [6.07, 6.45) is 11.2. The molecule has 4 aliphatic rings. The second kappa shape index (κ2) is 1.78. The second-order valence-corrected chi connectivity index (χ2v) is 4.38. The molecule has 0 N–H and O–H groups in total. The third-order valence-corrected chi connectivity index (χ3v) is 3.52. The molecule has 4 bridgehead atoms. The van der Waals surface area contributed by atoms with E-state index in [1.165, 1.54) is 25.7 Å². The van der Waals surface area contributed by atoms with Crippen LogP contribution in [0.3, 0.4) is 0 Å². The maximum Gasteiger partial charge on any atom is -0.0320 e. The largest absolute Gasteiger partial charge is 0.0473 e. The van der Waals surface area contributed by atoms with E-state index < -0.39 is 0 Å². The lowest BCUT2D eigenvalue weighted by Gasteiger charge is -2.49. The van der Waals surface area contributed by atoms with E-state index in [1.54, 1.807) is 0 Å². The van der Waals surface area contributed by atoms with Gasteiger partial charge < -0.3 is 0 Å². The van der Waals surface area contributed by atoms with E-state index in [9.17, 15) is 0 Å². The molecule has 2 atom stereocenters. The summed E-state index contributed by atoms with van der Waals surface area (Å²) >= 11 is 0. The number of hydrogen-bond acceptors (Lipinski definition) is 0. The average molecular weight is 134 g/mol. The zero-order chi connectivity index (χ0) is 6.55. The Morgan fingerprint density at radius 2 is 1.50 bits per heavy atom. The molecule has 0 saturated heterocycles. The van der Waals surface area contributed by atoms with Gasteiger partial charge in [-0.05, 0) is 62.2 Å². The lowest BCUT2D eigenvalue weighted by molar-refractivity contribution is 0.112. The molecule has 2 radical (unpaired) electrons. The van der Waals surface area contributed by atoms with Crippen LogP contribution in [-0.2, 0) is 0 Å². The van der Waals surface area contributed by atoms with Crippen LogP contribution < -0.4 is 0 Å². The molecule has 4 saturated carbocycles. The van der Waals surface area contributed by atoms with E-state index in [2.05, 4.69) is 12.8 Å². The Morgan fingerprint density at radius 3 is 2.00 bits per heavy atom. The molecule has 10 heavy (non-hydrogen) atoms. The maximum atomic E-state index is 2.60. The van der Waals surface area contributed by atoms with Crippen LogP contribution in [0.15, 0.2) is 0 Å². The molecule has 0 aromatic rings. The summed E-state index contributed by atoms with van der Waals surface area (Å²) in [7, 11) is 0. The van der Waals surface area contributed by atoms with Gasteiger partial charge in [0.25, 0.3) is 0 Å². The standard InChI is InChI=1S/C10H14/c1-7-2-9-4-8(1)5-10(3-7)6-9/h1-2,7-10H,3-6H2. The van der Waals surface area contributed by atoms with E-state index in [0.29, 0.717) is 0 Å². The molecule has 0 spiro atoms. The minimum Gasteiger partial charge on any atom is -0.0473 e. The molecule has 4 aliphatic carbocycles. The van der Waals surface area contributed by atoms with Crippen LogP contribution in [0, 0.1) is 36.5 Å².